The normalized spacial score (nSPS) is 19.0. The monoisotopic (exact) mass is 557 g/mol. The number of rotatable bonds is 10. The van der Waals surface area contributed by atoms with Crippen LogP contribution in [-0.4, -0.2) is 26.5 Å². The van der Waals surface area contributed by atoms with Crippen molar-refractivity contribution in [1.29, 1.82) is 0 Å². The van der Waals surface area contributed by atoms with Crippen molar-refractivity contribution < 1.29 is 26.4 Å². The lowest BCUT2D eigenvalue weighted by Gasteiger charge is -2.28. The molecule has 0 bridgehead atoms. The molecular weight excluding hydrogens is 523 g/mol. The highest BCUT2D eigenvalue weighted by Gasteiger charge is 2.31. The van der Waals surface area contributed by atoms with Crippen molar-refractivity contribution in [3.05, 3.63) is 89.7 Å². The van der Waals surface area contributed by atoms with Gasteiger partial charge in [0.1, 0.15) is 11.6 Å². The standard InChI is InChI=1S/C31H34F3NO3S/c1-21(23-8-14-28(32)15-9-23)18-30(36)26-4-2-22(3-5-26)19-39(37,38)29-16-10-25(11-17-29)24-6-12-27(13-7-24)31(33,34)20-35/h6-17,21-22,26H,2-5,18-20,35H2,1H3/t21-,22?,26?/m0/s1. The van der Waals surface area contributed by atoms with Gasteiger partial charge in [-0.2, -0.15) is 8.78 Å². The molecule has 208 valence electrons. The summed E-state index contributed by atoms with van der Waals surface area (Å²) in [6.45, 7) is 1.19. The second kappa shape index (κ2) is 12.0. The second-order valence-corrected chi connectivity index (χ2v) is 12.7. The van der Waals surface area contributed by atoms with Crippen LogP contribution in [0.25, 0.3) is 11.1 Å². The Labute approximate surface area is 228 Å². The van der Waals surface area contributed by atoms with Crippen LogP contribution in [0.3, 0.4) is 0 Å². The Kier molecular flexibility index (Phi) is 8.96. The smallest absolute Gasteiger partial charge is 0.285 e. The highest BCUT2D eigenvalue weighted by Crippen LogP contribution is 2.34. The molecule has 0 heterocycles. The van der Waals surface area contributed by atoms with E-state index in [2.05, 4.69) is 0 Å². The van der Waals surface area contributed by atoms with Crippen LogP contribution < -0.4 is 5.73 Å². The summed E-state index contributed by atoms with van der Waals surface area (Å²) < 4.78 is 66.9. The van der Waals surface area contributed by atoms with Gasteiger partial charge in [0, 0.05) is 17.9 Å². The van der Waals surface area contributed by atoms with E-state index in [1.807, 2.05) is 6.92 Å². The van der Waals surface area contributed by atoms with Crippen molar-refractivity contribution in [2.75, 3.05) is 12.3 Å². The number of hydrogen-bond acceptors (Lipinski definition) is 4. The molecule has 2 N–H and O–H groups in total. The molecular formula is C31H34F3NO3S. The predicted molar refractivity (Wildman–Crippen MR) is 147 cm³/mol. The van der Waals surface area contributed by atoms with E-state index < -0.39 is 22.3 Å². The number of ketones is 1. The third kappa shape index (κ3) is 7.17. The average Bonchev–Trinajstić information content (AvgIpc) is 2.93. The quantitative estimate of drug-likeness (QED) is 0.295. The molecule has 1 atom stereocenters. The molecule has 1 fully saturated rings. The number of carbonyl (C=O) groups is 1. The molecule has 0 saturated heterocycles. The van der Waals surface area contributed by atoms with Crippen molar-refractivity contribution in [2.45, 2.75) is 55.8 Å². The number of carbonyl (C=O) groups excluding carboxylic acids is 1. The van der Waals surface area contributed by atoms with Gasteiger partial charge >= 0.3 is 0 Å². The zero-order valence-electron chi connectivity index (χ0n) is 22.0. The molecule has 0 unspecified atom stereocenters. The van der Waals surface area contributed by atoms with E-state index in [9.17, 15) is 26.4 Å². The average molecular weight is 558 g/mol. The minimum Gasteiger partial charge on any atom is -0.325 e. The summed E-state index contributed by atoms with van der Waals surface area (Å²) in [7, 11) is -3.51. The maximum atomic E-state index is 13.8. The summed E-state index contributed by atoms with van der Waals surface area (Å²) in [6.07, 6.45) is 3.10. The lowest BCUT2D eigenvalue weighted by molar-refractivity contribution is -0.124. The van der Waals surface area contributed by atoms with Gasteiger partial charge in [-0.25, -0.2) is 12.8 Å². The highest BCUT2D eigenvalue weighted by atomic mass is 32.2. The molecule has 4 rings (SSSR count). The molecule has 0 radical (unpaired) electrons. The second-order valence-electron chi connectivity index (χ2n) is 10.6. The lowest BCUT2D eigenvalue weighted by Crippen LogP contribution is -2.26. The van der Waals surface area contributed by atoms with Crippen LogP contribution in [-0.2, 0) is 20.6 Å². The van der Waals surface area contributed by atoms with Gasteiger partial charge in [0.25, 0.3) is 5.92 Å². The maximum Gasteiger partial charge on any atom is 0.285 e. The first-order chi connectivity index (χ1) is 18.5. The molecule has 0 amide bonds. The molecule has 1 aliphatic carbocycles. The molecule has 8 heteroatoms. The van der Waals surface area contributed by atoms with Gasteiger partial charge in [0.15, 0.2) is 9.84 Å². The lowest BCUT2D eigenvalue weighted by atomic mass is 9.78. The predicted octanol–water partition coefficient (Wildman–Crippen LogP) is 6.89. The molecule has 4 nitrogen and oxygen atoms in total. The van der Waals surface area contributed by atoms with Crippen LogP contribution in [0.15, 0.2) is 77.7 Å². The van der Waals surface area contributed by atoms with Gasteiger partial charge in [0.05, 0.1) is 17.2 Å². The fraction of sp³-hybridized carbons (Fsp3) is 0.387. The van der Waals surface area contributed by atoms with Crippen LogP contribution in [0.5, 0.6) is 0 Å². The zero-order chi connectivity index (χ0) is 28.2. The number of hydrogen-bond donors (Lipinski definition) is 1. The van der Waals surface area contributed by atoms with Gasteiger partial charge in [-0.1, -0.05) is 55.5 Å². The Balaban J connectivity index is 1.31. The third-order valence-electron chi connectivity index (χ3n) is 7.81. The van der Waals surface area contributed by atoms with Gasteiger partial charge in [-0.05, 0) is 78.5 Å². The van der Waals surface area contributed by atoms with Crippen LogP contribution >= 0.6 is 0 Å². The van der Waals surface area contributed by atoms with Crippen molar-refractivity contribution >= 4 is 15.6 Å². The number of halogens is 3. The fourth-order valence-electron chi connectivity index (χ4n) is 5.31. The third-order valence-corrected chi connectivity index (χ3v) is 9.71. The molecule has 3 aromatic rings. The number of benzene rings is 3. The minimum absolute atomic E-state index is 0.00370. The highest BCUT2D eigenvalue weighted by molar-refractivity contribution is 7.91. The fourth-order valence-corrected chi connectivity index (χ4v) is 7.01. The minimum atomic E-state index is -3.51. The summed E-state index contributed by atoms with van der Waals surface area (Å²) in [5, 5.41) is 0. The Morgan fingerprint density at radius 2 is 1.44 bits per heavy atom. The van der Waals surface area contributed by atoms with E-state index in [1.165, 1.54) is 24.3 Å². The Morgan fingerprint density at radius 1 is 0.897 bits per heavy atom. The Morgan fingerprint density at radius 3 is 1.97 bits per heavy atom. The Hall–Kier alpha value is -2.97. The maximum absolute atomic E-state index is 13.8. The molecule has 0 aromatic heterocycles. The van der Waals surface area contributed by atoms with Crippen LogP contribution in [0.4, 0.5) is 13.2 Å². The molecule has 0 spiro atoms. The Bertz CT molecular complexity index is 1360. The first kappa shape index (κ1) is 29.0. The summed E-state index contributed by atoms with van der Waals surface area (Å²) in [6, 6.07) is 18.5. The van der Waals surface area contributed by atoms with Gasteiger partial charge in [-0.3, -0.25) is 4.79 Å². The summed E-state index contributed by atoms with van der Waals surface area (Å²) in [5.41, 5.74) is 7.34. The summed E-state index contributed by atoms with van der Waals surface area (Å²) >= 11 is 0. The first-order valence-electron chi connectivity index (χ1n) is 13.3. The molecule has 39 heavy (non-hydrogen) atoms. The molecule has 1 aliphatic rings. The topological polar surface area (TPSA) is 77.2 Å². The van der Waals surface area contributed by atoms with E-state index in [4.69, 9.17) is 5.73 Å². The summed E-state index contributed by atoms with van der Waals surface area (Å²) in [4.78, 5) is 13.1. The van der Waals surface area contributed by atoms with E-state index in [0.717, 1.165) is 11.1 Å². The van der Waals surface area contributed by atoms with E-state index in [1.54, 1.807) is 48.5 Å². The van der Waals surface area contributed by atoms with Gasteiger partial charge in [0.2, 0.25) is 0 Å². The number of nitrogens with two attached hydrogens (primary N) is 1. The molecule has 1 saturated carbocycles. The van der Waals surface area contributed by atoms with Crippen LogP contribution in [0.2, 0.25) is 0 Å². The number of sulfone groups is 1. The molecule has 3 aromatic carbocycles. The van der Waals surface area contributed by atoms with Gasteiger partial charge in [-0.15, -0.1) is 0 Å². The largest absolute Gasteiger partial charge is 0.325 e. The first-order valence-corrected chi connectivity index (χ1v) is 14.9. The van der Waals surface area contributed by atoms with Gasteiger partial charge < -0.3 is 5.73 Å². The summed E-state index contributed by atoms with van der Waals surface area (Å²) in [5.74, 6) is -3.25. The van der Waals surface area contributed by atoms with Crippen molar-refractivity contribution in [3.63, 3.8) is 0 Å². The van der Waals surface area contributed by atoms with Crippen molar-refractivity contribution in [1.82, 2.24) is 0 Å². The number of alkyl halides is 2. The van der Waals surface area contributed by atoms with E-state index in [0.29, 0.717) is 37.7 Å². The van der Waals surface area contributed by atoms with Crippen molar-refractivity contribution in [2.24, 2.45) is 17.6 Å². The van der Waals surface area contributed by atoms with E-state index in [-0.39, 0.29) is 45.6 Å². The molecule has 0 aliphatic heterocycles. The van der Waals surface area contributed by atoms with Crippen molar-refractivity contribution in [3.8, 4) is 11.1 Å². The van der Waals surface area contributed by atoms with E-state index >= 15 is 0 Å². The number of Topliss-reactive ketones (excluding diaryl/α,β-unsaturated/α-hetero) is 1. The van der Waals surface area contributed by atoms with Crippen LogP contribution in [0, 0.1) is 17.7 Å². The zero-order valence-corrected chi connectivity index (χ0v) is 22.8. The SMILES string of the molecule is C[C@@H](CC(=O)C1CCC(CS(=O)(=O)c2ccc(-c3ccc(C(F)(F)CN)cc3)cc2)CC1)c1ccc(F)cc1. The van der Waals surface area contributed by atoms with Crippen LogP contribution in [0.1, 0.15) is 56.1 Å².